The number of nitrogens with zero attached hydrogens (tertiary/aromatic N) is 1. The maximum Gasteiger partial charge on any atom is 0.236 e. The van der Waals surface area contributed by atoms with Gasteiger partial charge in [0.2, 0.25) is 5.91 Å². The topological polar surface area (TPSA) is 20.3 Å². The fourth-order valence-electron chi connectivity index (χ4n) is 2.40. The van der Waals surface area contributed by atoms with Crippen LogP contribution in [0.1, 0.15) is 26.7 Å². The molecule has 0 bridgehead atoms. The fraction of sp³-hybridized carbons (Fsp3) is 0.900. The molecule has 0 aromatic heterocycles. The molecule has 74 valence electrons. The number of carbonyl (C=O) groups is 1. The Morgan fingerprint density at radius 2 is 2.15 bits per heavy atom. The first kappa shape index (κ1) is 9.50. The van der Waals surface area contributed by atoms with Crippen molar-refractivity contribution >= 4 is 21.8 Å². The summed E-state index contributed by atoms with van der Waals surface area (Å²) in [6.45, 7) is 5.48. The van der Waals surface area contributed by atoms with Gasteiger partial charge in [0.25, 0.3) is 0 Å². The van der Waals surface area contributed by atoms with Crippen LogP contribution in [0.5, 0.6) is 0 Å². The predicted octanol–water partition coefficient (Wildman–Crippen LogP) is 2.03. The van der Waals surface area contributed by atoms with Gasteiger partial charge in [-0.3, -0.25) is 4.79 Å². The van der Waals surface area contributed by atoms with Gasteiger partial charge in [0.1, 0.15) is 0 Å². The summed E-state index contributed by atoms with van der Waals surface area (Å²) in [6.07, 6.45) is 2.18. The van der Waals surface area contributed by atoms with Gasteiger partial charge in [0.05, 0.1) is 4.83 Å². The van der Waals surface area contributed by atoms with Gasteiger partial charge in [0.15, 0.2) is 0 Å². The Kier molecular flexibility index (Phi) is 2.39. The van der Waals surface area contributed by atoms with Crippen molar-refractivity contribution in [2.75, 3.05) is 6.54 Å². The molecule has 0 aromatic carbocycles. The van der Waals surface area contributed by atoms with Gasteiger partial charge in [-0.1, -0.05) is 29.8 Å². The Bertz CT molecular complexity index is 231. The normalized spacial score (nSPS) is 45.2. The molecule has 4 atom stereocenters. The molecule has 2 rings (SSSR count). The summed E-state index contributed by atoms with van der Waals surface area (Å²) < 4.78 is 0. The summed E-state index contributed by atoms with van der Waals surface area (Å²) >= 11 is 3.41. The molecule has 2 aliphatic rings. The minimum Gasteiger partial charge on any atom is -0.338 e. The molecule has 0 aromatic rings. The summed E-state index contributed by atoms with van der Waals surface area (Å²) in [5.74, 6) is 1.80. The number of halogens is 1. The zero-order valence-electron chi connectivity index (χ0n) is 8.16. The van der Waals surface area contributed by atoms with E-state index in [9.17, 15) is 4.79 Å². The van der Waals surface area contributed by atoms with E-state index in [0.29, 0.717) is 17.9 Å². The van der Waals surface area contributed by atoms with Crippen molar-refractivity contribution in [2.45, 2.75) is 37.6 Å². The second-order valence-electron chi connectivity index (χ2n) is 4.43. The van der Waals surface area contributed by atoms with E-state index in [0.717, 1.165) is 18.9 Å². The van der Waals surface area contributed by atoms with Crippen LogP contribution in [0.15, 0.2) is 0 Å². The second kappa shape index (κ2) is 3.26. The first-order valence-corrected chi connectivity index (χ1v) is 5.97. The van der Waals surface area contributed by atoms with E-state index in [-0.39, 0.29) is 4.83 Å². The standard InChI is InChI=1S/C10H16BrNO/c1-6-5-9(7(6)2)12-4-3-8(11)10(12)13/h6-9H,3-5H2,1-2H3. The van der Waals surface area contributed by atoms with Crippen molar-refractivity contribution in [3.05, 3.63) is 0 Å². The number of rotatable bonds is 1. The molecule has 1 aliphatic carbocycles. The van der Waals surface area contributed by atoms with E-state index < -0.39 is 0 Å². The van der Waals surface area contributed by atoms with E-state index in [4.69, 9.17) is 0 Å². The molecule has 1 heterocycles. The molecule has 3 heteroatoms. The van der Waals surface area contributed by atoms with Crippen molar-refractivity contribution in [1.82, 2.24) is 4.90 Å². The minimum absolute atomic E-state index is 0.0932. The fourth-order valence-corrected chi connectivity index (χ4v) is 2.87. The molecule has 0 spiro atoms. The molecule has 0 radical (unpaired) electrons. The number of carbonyl (C=O) groups excluding carboxylic acids is 1. The van der Waals surface area contributed by atoms with Gasteiger partial charge in [-0.05, 0) is 24.7 Å². The summed E-state index contributed by atoms with van der Waals surface area (Å²) in [6, 6.07) is 0.532. The van der Waals surface area contributed by atoms with Crippen molar-refractivity contribution in [3.63, 3.8) is 0 Å². The third-order valence-corrected chi connectivity index (χ3v) is 4.54. The van der Waals surface area contributed by atoms with E-state index >= 15 is 0 Å². The Hall–Kier alpha value is -0.0500. The van der Waals surface area contributed by atoms with Crippen LogP contribution in [-0.2, 0) is 4.79 Å². The molecule has 2 nitrogen and oxygen atoms in total. The maximum absolute atomic E-state index is 11.7. The highest BCUT2D eigenvalue weighted by Crippen LogP contribution is 2.39. The molecular weight excluding hydrogens is 230 g/mol. The van der Waals surface area contributed by atoms with Crippen molar-refractivity contribution in [3.8, 4) is 0 Å². The van der Waals surface area contributed by atoms with Gasteiger partial charge < -0.3 is 4.90 Å². The van der Waals surface area contributed by atoms with Crippen LogP contribution in [0.25, 0.3) is 0 Å². The Labute approximate surface area is 87.8 Å². The van der Waals surface area contributed by atoms with Crippen LogP contribution in [0.3, 0.4) is 0 Å². The van der Waals surface area contributed by atoms with Gasteiger partial charge in [-0.2, -0.15) is 0 Å². The maximum atomic E-state index is 11.7. The molecule has 1 saturated carbocycles. The first-order valence-electron chi connectivity index (χ1n) is 5.06. The Balaban J connectivity index is 1.99. The smallest absolute Gasteiger partial charge is 0.236 e. The first-order chi connectivity index (χ1) is 6.11. The number of likely N-dealkylation sites (tertiary alicyclic amines) is 1. The van der Waals surface area contributed by atoms with Crippen LogP contribution in [-0.4, -0.2) is 28.2 Å². The lowest BCUT2D eigenvalue weighted by Crippen LogP contribution is -2.51. The van der Waals surface area contributed by atoms with E-state index in [1.165, 1.54) is 6.42 Å². The van der Waals surface area contributed by atoms with Gasteiger partial charge in [-0.25, -0.2) is 0 Å². The van der Waals surface area contributed by atoms with Crippen LogP contribution in [0.2, 0.25) is 0 Å². The largest absolute Gasteiger partial charge is 0.338 e. The highest BCUT2D eigenvalue weighted by Gasteiger charge is 2.43. The van der Waals surface area contributed by atoms with Crippen molar-refractivity contribution in [2.24, 2.45) is 11.8 Å². The lowest BCUT2D eigenvalue weighted by molar-refractivity contribution is -0.133. The molecule has 2 fully saturated rings. The number of hydrogen-bond donors (Lipinski definition) is 0. The van der Waals surface area contributed by atoms with Gasteiger partial charge in [-0.15, -0.1) is 0 Å². The summed E-state index contributed by atoms with van der Waals surface area (Å²) in [7, 11) is 0. The molecular formula is C10H16BrNO. The van der Waals surface area contributed by atoms with E-state index in [1.807, 2.05) is 0 Å². The van der Waals surface area contributed by atoms with Gasteiger partial charge >= 0.3 is 0 Å². The predicted molar refractivity (Wildman–Crippen MR) is 55.8 cm³/mol. The monoisotopic (exact) mass is 245 g/mol. The zero-order valence-corrected chi connectivity index (χ0v) is 9.75. The highest BCUT2D eigenvalue weighted by molar-refractivity contribution is 9.10. The van der Waals surface area contributed by atoms with Crippen LogP contribution < -0.4 is 0 Å². The Morgan fingerprint density at radius 3 is 2.54 bits per heavy atom. The summed E-state index contributed by atoms with van der Waals surface area (Å²) in [5, 5.41) is 0. The molecule has 1 amide bonds. The van der Waals surface area contributed by atoms with Gasteiger partial charge in [0, 0.05) is 12.6 Å². The van der Waals surface area contributed by atoms with Crippen molar-refractivity contribution in [1.29, 1.82) is 0 Å². The molecule has 13 heavy (non-hydrogen) atoms. The van der Waals surface area contributed by atoms with E-state index in [2.05, 4.69) is 34.7 Å². The number of alkyl halides is 1. The SMILES string of the molecule is CC1CC(N2CCC(Br)C2=O)C1C. The number of amides is 1. The minimum atomic E-state index is 0.0932. The van der Waals surface area contributed by atoms with Crippen molar-refractivity contribution < 1.29 is 4.79 Å². The zero-order chi connectivity index (χ0) is 9.59. The number of hydrogen-bond acceptors (Lipinski definition) is 1. The average Bonchev–Trinajstić information content (AvgIpc) is 2.44. The lowest BCUT2D eigenvalue weighted by Gasteiger charge is -2.46. The van der Waals surface area contributed by atoms with Crippen LogP contribution >= 0.6 is 15.9 Å². The summed E-state index contributed by atoms with van der Waals surface area (Å²) in [5.41, 5.74) is 0. The van der Waals surface area contributed by atoms with Crippen LogP contribution in [0.4, 0.5) is 0 Å². The summed E-state index contributed by atoms with van der Waals surface area (Å²) in [4.78, 5) is 13.8. The molecule has 1 aliphatic heterocycles. The third-order valence-electron chi connectivity index (χ3n) is 3.69. The lowest BCUT2D eigenvalue weighted by atomic mass is 9.71. The Morgan fingerprint density at radius 1 is 1.46 bits per heavy atom. The van der Waals surface area contributed by atoms with E-state index in [1.54, 1.807) is 0 Å². The molecule has 0 N–H and O–H groups in total. The third kappa shape index (κ3) is 1.41. The second-order valence-corrected chi connectivity index (χ2v) is 5.53. The van der Waals surface area contributed by atoms with Crippen LogP contribution in [0, 0.1) is 11.8 Å². The average molecular weight is 246 g/mol. The highest BCUT2D eigenvalue weighted by atomic mass is 79.9. The molecule has 4 unspecified atom stereocenters. The molecule has 1 saturated heterocycles. The quantitative estimate of drug-likeness (QED) is 0.648.